The molecule has 1 aromatic heterocycles. The molecule has 31 heavy (non-hydrogen) atoms. The van der Waals surface area contributed by atoms with Gasteiger partial charge in [0, 0.05) is 12.7 Å². The highest BCUT2D eigenvalue weighted by atomic mass is 16.5. The van der Waals surface area contributed by atoms with Gasteiger partial charge in [0.25, 0.3) is 0 Å². The molecule has 0 aliphatic carbocycles. The van der Waals surface area contributed by atoms with Gasteiger partial charge in [0.1, 0.15) is 24.2 Å². The van der Waals surface area contributed by atoms with Crippen molar-refractivity contribution in [2.24, 2.45) is 5.92 Å². The summed E-state index contributed by atoms with van der Waals surface area (Å²) in [5.74, 6) is 0.742. The second-order valence-electron chi connectivity index (χ2n) is 7.62. The number of ether oxygens (including phenoxy) is 2. The third-order valence-corrected chi connectivity index (χ3v) is 5.32. The first-order chi connectivity index (χ1) is 15.1. The number of benzene rings is 1. The number of carbonyl (C=O) groups is 1. The Morgan fingerprint density at radius 3 is 2.61 bits per heavy atom. The Labute approximate surface area is 182 Å². The van der Waals surface area contributed by atoms with Crippen molar-refractivity contribution in [1.29, 1.82) is 0 Å². The number of aromatic hydroxyl groups is 1. The molecule has 4 N–H and O–H groups in total. The molecule has 2 aromatic rings. The highest BCUT2D eigenvalue weighted by Gasteiger charge is 2.26. The van der Waals surface area contributed by atoms with Crippen molar-refractivity contribution in [3.05, 3.63) is 53.9 Å². The van der Waals surface area contributed by atoms with Gasteiger partial charge in [0.15, 0.2) is 0 Å². The average molecular weight is 430 g/mol. The van der Waals surface area contributed by atoms with E-state index in [4.69, 9.17) is 9.47 Å². The summed E-state index contributed by atoms with van der Waals surface area (Å²) in [5.41, 5.74) is 1.27. The predicted molar refractivity (Wildman–Crippen MR) is 116 cm³/mol. The molecule has 1 fully saturated rings. The van der Waals surface area contributed by atoms with Gasteiger partial charge in [-0.2, -0.15) is 0 Å². The number of hydrogen-bond donors (Lipinski definition) is 4. The molecule has 0 bridgehead atoms. The molecule has 168 valence electrons. The molecule has 8 heteroatoms. The van der Waals surface area contributed by atoms with E-state index in [2.05, 4.69) is 15.6 Å². The molecule has 1 aliphatic rings. The van der Waals surface area contributed by atoms with Crippen LogP contribution in [0.4, 0.5) is 0 Å². The normalized spacial score (nSPS) is 16.5. The SMILES string of the molecule is CCOC(=O)c1ccc(C(NCC(O)COc2ccc(O)cc2)C2CCNCC2)nc1. The lowest BCUT2D eigenvalue weighted by Gasteiger charge is -2.32. The van der Waals surface area contributed by atoms with E-state index < -0.39 is 6.10 Å². The number of rotatable bonds is 10. The number of carbonyl (C=O) groups excluding carboxylic acids is 1. The minimum Gasteiger partial charge on any atom is -0.508 e. The maximum Gasteiger partial charge on any atom is 0.339 e. The van der Waals surface area contributed by atoms with E-state index in [-0.39, 0.29) is 24.4 Å². The number of pyridine rings is 1. The van der Waals surface area contributed by atoms with Gasteiger partial charge in [-0.05, 0) is 75.2 Å². The molecule has 2 heterocycles. The number of phenols is 1. The van der Waals surface area contributed by atoms with Crippen LogP contribution in [-0.4, -0.2) is 60.1 Å². The number of nitrogens with one attached hydrogen (secondary N) is 2. The average Bonchev–Trinajstić information content (AvgIpc) is 2.80. The van der Waals surface area contributed by atoms with Crippen molar-refractivity contribution in [2.45, 2.75) is 31.9 Å². The zero-order chi connectivity index (χ0) is 22.1. The first kappa shape index (κ1) is 23.0. The summed E-state index contributed by atoms with van der Waals surface area (Å²) < 4.78 is 10.6. The van der Waals surface area contributed by atoms with Crippen molar-refractivity contribution in [3.63, 3.8) is 0 Å². The number of phenolic OH excluding ortho intramolecular Hbond substituents is 1. The second kappa shape index (κ2) is 11.6. The molecule has 1 aromatic carbocycles. The fraction of sp³-hybridized carbons (Fsp3) is 0.478. The smallest absolute Gasteiger partial charge is 0.339 e. The van der Waals surface area contributed by atoms with Crippen LogP contribution in [0.3, 0.4) is 0 Å². The highest BCUT2D eigenvalue weighted by molar-refractivity contribution is 5.88. The van der Waals surface area contributed by atoms with E-state index in [0.29, 0.717) is 30.4 Å². The number of esters is 1. The minimum atomic E-state index is -0.711. The van der Waals surface area contributed by atoms with Gasteiger partial charge < -0.3 is 30.3 Å². The van der Waals surface area contributed by atoms with Crippen LogP contribution in [0.5, 0.6) is 11.5 Å². The molecule has 2 unspecified atom stereocenters. The van der Waals surface area contributed by atoms with E-state index in [9.17, 15) is 15.0 Å². The standard InChI is InChI=1S/C23H31N3O5/c1-2-30-23(29)17-3-8-21(25-13-17)22(16-9-11-24-12-10-16)26-14-19(28)15-31-20-6-4-18(27)5-7-20/h3-8,13,16,19,22,24,26-28H,2,9-12,14-15H2,1H3. The molecule has 2 atom stereocenters. The van der Waals surface area contributed by atoms with E-state index in [0.717, 1.165) is 31.6 Å². The van der Waals surface area contributed by atoms with Gasteiger partial charge in [-0.1, -0.05) is 0 Å². The van der Waals surface area contributed by atoms with Gasteiger partial charge >= 0.3 is 5.97 Å². The first-order valence-electron chi connectivity index (χ1n) is 10.7. The highest BCUT2D eigenvalue weighted by Crippen LogP contribution is 2.28. The van der Waals surface area contributed by atoms with Gasteiger partial charge in [0.2, 0.25) is 0 Å². The Bertz CT molecular complexity index is 807. The molecule has 1 aliphatic heterocycles. The summed E-state index contributed by atoms with van der Waals surface area (Å²) in [5, 5.41) is 26.6. The number of aliphatic hydroxyl groups excluding tert-OH is 1. The van der Waals surface area contributed by atoms with Crippen LogP contribution in [0.25, 0.3) is 0 Å². The maximum atomic E-state index is 11.9. The van der Waals surface area contributed by atoms with Crippen LogP contribution < -0.4 is 15.4 Å². The molecular weight excluding hydrogens is 398 g/mol. The van der Waals surface area contributed by atoms with Crippen LogP contribution in [0.15, 0.2) is 42.6 Å². The molecule has 0 saturated carbocycles. The number of piperidine rings is 1. The minimum absolute atomic E-state index is 0.0401. The van der Waals surface area contributed by atoms with Crippen LogP contribution in [0.1, 0.15) is 41.9 Å². The maximum absolute atomic E-state index is 11.9. The van der Waals surface area contributed by atoms with Crippen molar-refractivity contribution in [2.75, 3.05) is 32.8 Å². The Morgan fingerprint density at radius 2 is 1.97 bits per heavy atom. The number of hydrogen-bond acceptors (Lipinski definition) is 8. The summed E-state index contributed by atoms with van der Waals surface area (Å²) >= 11 is 0. The molecule has 0 radical (unpaired) electrons. The molecule has 8 nitrogen and oxygen atoms in total. The van der Waals surface area contributed by atoms with Crippen molar-refractivity contribution < 1.29 is 24.5 Å². The zero-order valence-electron chi connectivity index (χ0n) is 17.8. The number of nitrogens with zero attached hydrogens (tertiary/aromatic N) is 1. The predicted octanol–water partition coefficient (Wildman–Crippen LogP) is 2.03. The first-order valence-corrected chi connectivity index (χ1v) is 10.7. The van der Waals surface area contributed by atoms with Crippen molar-refractivity contribution in [3.8, 4) is 11.5 Å². The van der Waals surface area contributed by atoms with Gasteiger partial charge in [0.05, 0.1) is 23.9 Å². The summed E-state index contributed by atoms with van der Waals surface area (Å²) in [6, 6.07) is 9.94. The van der Waals surface area contributed by atoms with Gasteiger partial charge in [-0.15, -0.1) is 0 Å². The molecule has 0 amide bonds. The second-order valence-corrected chi connectivity index (χ2v) is 7.62. The molecular formula is C23H31N3O5. The summed E-state index contributed by atoms with van der Waals surface area (Å²) in [6.45, 7) is 4.45. The van der Waals surface area contributed by atoms with E-state index >= 15 is 0 Å². The molecule has 3 rings (SSSR count). The van der Waals surface area contributed by atoms with E-state index in [1.807, 2.05) is 6.07 Å². The summed E-state index contributed by atoms with van der Waals surface area (Å²) in [7, 11) is 0. The summed E-state index contributed by atoms with van der Waals surface area (Å²) in [4.78, 5) is 16.4. The van der Waals surface area contributed by atoms with E-state index in [1.165, 1.54) is 0 Å². The van der Waals surface area contributed by atoms with Crippen LogP contribution in [-0.2, 0) is 4.74 Å². The van der Waals surface area contributed by atoms with E-state index in [1.54, 1.807) is 43.5 Å². The third kappa shape index (κ3) is 6.92. The lowest BCUT2D eigenvalue weighted by Crippen LogP contribution is -2.40. The molecule has 0 spiro atoms. The van der Waals surface area contributed by atoms with Gasteiger partial charge in [-0.3, -0.25) is 4.98 Å². The Balaban J connectivity index is 1.60. The molecule has 1 saturated heterocycles. The Morgan fingerprint density at radius 1 is 1.23 bits per heavy atom. The lowest BCUT2D eigenvalue weighted by atomic mass is 9.88. The topological polar surface area (TPSA) is 113 Å². The quantitative estimate of drug-likeness (QED) is 0.425. The van der Waals surface area contributed by atoms with Crippen LogP contribution in [0, 0.1) is 5.92 Å². The van der Waals surface area contributed by atoms with Crippen molar-refractivity contribution in [1.82, 2.24) is 15.6 Å². The number of aromatic nitrogens is 1. The van der Waals surface area contributed by atoms with Gasteiger partial charge in [-0.25, -0.2) is 4.79 Å². The van der Waals surface area contributed by atoms with Crippen molar-refractivity contribution >= 4 is 5.97 Å². The fourth-order valence-corrected chi connectivity index (χ4v) is 3.67. The number of aliphatic hydroxyl groups is 1. The monoisotopic (exact) mass is 429 g/mol. The summed E-state index contributed by atoms with van der Waals surface area (Å²) in [6.07, 6.45) is 2.84. The van der Waals surface area contributed by atoms with Crippen LogP contribution in [0.2, 0.25) is 0 Å². The van der Waals surface area contributed by atoms with Crippen LogP contribution >= 0.6 is 0 Å². The Hall–Kier alpha value is -2.68. The lowest BCUT2D eigenvalue weighted by molar-refractivity contribution is 0.0525. The fourth-order valence-electron chi connectivity index (χ4n) is 3.67. The zero-order valence-corrected chi connectivity index (χ0v) is 17.8. The largest absolute Gasteiger partial charge is 0.508 e. The third-order valence-electron chi connectivity index (χ3n) is 5.32. The Kier molecular flexibility index (Phi) is 8.63.